The van der Waals surface area contributed by atoms with Crippen LogP contribution in [0, 0.1) is 5.82 Å². The van der Waals surface area contributed by atoms with Crippen LogP contribution in [0.25, 0.3) is 0 Å². The normalized spacial score (nSPS) is 11.5. The zero-order valence-corrected chi connectivity index (χ0v) is 21.0. The van der Waals surface area contributed by atoms with Crippen LogP contribution in [-0.2, 0) is 11.4 Å². The van der Waals surface area contributed by atoms with Crippen molar-refractivity contribution < 1.29 is 23.6 Å². The van der Waals surface area contributed by atoms with Crippen molar-refractivity contribution in [2.24, 2.45) is 5.16 Å². The van der Waals surface area contributed by atoms with Crippen molar-refractivity contribution in [1.29, 1.82) is 0 Å². The van der Waals surface area contributed by atoms with E-state index in [1.165, 1.54) is 49.4 Å². The van der Waals surface area contributed by atoms with Gasteiger partial charge in [-0.1, -0.05) is 5.16 Å². The highest BCUT2D eigenvalue weighted by Crippen LogP contribution is 2.20. The summed E-state index contributed by atoms with van der Waals surface area (Å²) in [5, 5.41) is 6.19. The highest BCUT2D eigenvalue weighted by Gasteiger charge is 2.24. The van der Waals surface area contributed by atoms with Gasteiger partial charge in [0.25, 0.3) is 11.5 Å². The number of carbonyl (C=O) groups is 2. The van der Waals surface area contributed by atoms with Crippen LogP contribution >= 0.6 is 11.3 Å². The maximum atomic E-state index is 13.8. The van der Waals surface area contributed by atoms with E-state index in [1.807, 2.05) is 0 Å². The maximum Gasteiger partial charge on any atom is 0.350 e. The number of benzene rings is 1. The van der Waals surface area contributed by atoms with Crippen LogP contribution in [0.4, 0.5) is 4.39 Å². The quantitative estimate of drug-likeness (QED) is 0.242. The molecule has 190 valence electrons. The number of rotatable bonds is 9. The Morgan fingerprint density at radius 3 is 2.58 bits per heavy atom. The molecule has 0 aliphatic rings. The van der Waals surface area contributed by atoms with Crippen molar-refractivity contribution >= 4 is 28.7 Å². The Labute approximate surface area is 209 Å². The zero-order valence-electron chi connectivity index (χ0n) is 20.2. The molecule has 3 rings (SSSR count). The molecule has 2 heterocycles. The van der Waals surface area contributed by atoms with Crippen molar-refractivity contribution in [2.75, 3.05) is 19.2 Å². The molecular formula is C23H24FN5O6S. The first-order valence-electron chi connectivity index (χ1n) is 10.7. The van der Waals surface area contributed by atoms with Crippen LogP contribution in [0.2, 0.25) is 0 Å². The second-order valence-corrected chi connectivity index (χ2v) is 8.59. The number of ketones is 1. The molecule has 11 nitrogen and oxygen atoms in total. The lowest BCUT2D eigenvalue weighted by molar-refractivity contribution is 0.0859. The Morgan fingerprint density at radius 2 is 1.97 bits per heavy atom. The number of Topliss-reactive ketones (excluding diaryl/α,β-unsaturated/α-hetero) is 1. The molecule has 1 amide bonds. The van der Waals surface area contributed by atoms with E-state index in [1.54, 1.807) is 13.8 Å². The number of carbonyl (C=O) groups excluding carboxylic acids is 2. The third-order valence-corrected chi connectivity index (χ3v) is 5.53. The van der Waals surface area contributed by atoms with Crippen molar-refractivity contribution in [3.05, 3.63) is 78.8 Å². The van der Waals surface area contributed by atoms with Gasteiger partial charge in [0.15, 0.2) is 5.78 Å². The van der Waals surface area contributed by atoms with Crippen molar-refractivity contribution in [2.45, 2.75) is 33.4 Å². The highest BCUT2D eigenvalue weighted by molar-refractivity contribution is 7.07. The molecule has 0 aliphatic carbocycles. The number of methoxy groups -OCH3 is 1. The van der Waals surface area contributed by atoms with Gasteiger partial charge in [-0.05, 0) is 39.0 Å². The van der Waals surface area contributed by atoms with E-state index in [2.05, 4.69) is 10.1 Å². The van der Waals surface area contributed by atoms with E-state index in [0.29, 0.717) is 4.68 Å². The second-order valence-electron chi connectivity index (χ2n) is 7.87. The molecule has 0 unspecified atom stereocenters. The van der Waals surface area contributed by atoms with Gasteiger partial charge in [0.2, 0.25) is 0 Å². The Hall–Kier alpha value is -4.13. The minimum atomic E-state index is -0.976. The number of ether oxygens (including phenoxy) is 1. The van der Waals surface area contributed by atoms with Gasteiger partial charge in [-0.25, -0.2) is 19.2 Å². The van der Waals surface area contributed by atoms with Gasteiger partial charge >= 0.3 is 5.69 Å². The van der Waals surface area contributed by atoms with Gasteiger partial charge in [-0.2, -0.15) is 4.68 Å². The van der Waals surface area contributed by atoms with Gasteiger partial charge in [0.1, 0.15) is 23.4 Å². The highest BCUT2D eigenvalue weighted by atomic mass is 32.1. The van der Waals surface area contributed by atoms with Gasteiger partial charge in [-0.3, -0.25) is 19.0 Å². The fourth-order valence-electron chi connectivity index (χ4n) is 3.16. The predicted molar refractivity (Wildman–Crippen MR) is 131 cm³/mol. The molecular weight excluding hydrogens is 493 g/mol. The molecule has 0 fully saturated rings. The Balaban J connectivity index is 2.16. The van der Waals surface area contributed by atoms with Crippen molar-refractivity contribution in [3.63, 3.8) is 0 Å². The van der Waals surface area contributed by atoms with Crippen LogP contribution in [0.1, 0.15) is 47.2 Å². The number of thiazole rings is 1. The summed E-state index contributed by atoms with van der Waals surface area (Å²) in [5.41, 5.74) is -0.440. The summed E-state index contributed by atoms with van der Waals surface area (Å²) in [7, 11) is 2.55. The number of amides is 1. The first kappa shape index (κ1) is 26.5. The smallest absolute Gasteiger partial charge is 0.350 e. The molecule has 0 bridgehead atoms. The van der Waals surface area contributed by atoms with E-state index < -0.39 is 35.3 Å². The van der Waals surface area contributed by atoms with Crippen molar-refractivity contribution in [3.8, 4) is 5.75 Å². The molecule has 0 saturated heterocycles. The van der Waals surface area contributed by atoms with Crippen LogP contribution in [0.15, 0.2) is 50.0 Å². The molecule has 0 aliphatic heterocycles. The lowest BCUT2D eigenvalue weighted by atomic mass is 10.1. The summed E-state index contributed by atoms with van der Waals surface area (Å²) >= 11 is 1.17. The number of halogens is 1. The SMILES string of the molecule is COc1ccc(F)cc1C(=O)Cn1cc(/C(C)=N/OC(C)C)c(=O)n(N(C)C(=O)c2cscn2)c1=O. The summed E-state index contributed by atoms with van der Waals surface area (Å²) in [5.74, 6) is -1.93. The lowest BCUT2D eigenvalue weighted by Crippen LogP contribution is -2.54. The minimum Gasteiger partial charge on any atom is -0.496 e. The number of nitrogens with zero attached hydrogens (tertiary/aromatic N) is 5. The number of aromatic nitrogens is 3. The van der Waals surface area contributed by atoms with E-state index in [4.69, 9.17) is 9.57 Å². The van der Waals surface area contributed by atoms with E-state index in [9.17, 15) is 23.6 Å². The summed E-state index contributed by atoms with van der Waals surface area (Å²) in [6, 6.07) is 3.41. The molecule has 0 spiro atoms. The second kappa shape index (κ2) is 11.1. The number of oxime groups is 1. The molecule has 36 heavy (non-hydrogen) atoms. The van der Waals surface area contributed by atoms with Crippen LogP contribution in [0.5, 0.6) is 5.75 Å². The average molecular weight is 518 g/mol. The molecule has 0 N–H and O–H groups in total. The average Bonchev–Trinajstić information content (AvgIpc) is 3.38. The maximum absolute atomic E-state index is 13.8. The Morgan fingerprint density at radius 1 is 1.25 bits per heavy atom. The standard InChI is InChI=1S/C23H24FN5O6S/c1-13(2)35-26-14(3)17-9-28(10-19(30)16-8-15(24)6-7-20(16)34-5)23(33)29(21(17)31)27(4)22(32)18-11-36-12-25-18/h6-9,11-13H,10H2,1-5H3/b26-14+. The molecule has 2 aromatic heterocycles. The fourth-order valence-corrected chi connectivity index (χ4v) is 3.69. The zero-order chi connectivity index (χ0) is 26.6. The molecule has 1 aromatic carbocycles. The molecule has 13 heteroatoms. The predicted octanol–water partition coefficient (Wildman–Crippen LogP) is 2.05. The summed E-state index contributed by atoms with van der Waals surface area (Å²) < 4.78 is 20.5. The topological polar surface area (TPSA) is 125 Å². The van der Waals surface area contributed by atoms with Crippen LogP contribution in [-0.4, -0.2) is 51.9 Å². The molecule has 3 aromatic rings. The number of hydrogen-bond donors (Lipinski definition) is 0. The van der Waals surface area contributed by atoms with Crippen molar-refractivity contribution in [1.82, 2.24) is 14.2 Å². The summed E-state index contributed by atoms with van der Waals surface area (Å²) in [6.07, 6.45) is 0.859. The van der Waals surface area contributed by atoms with Gasteiger partial charge < -0.3 is 9.57 Å². The van der Waals surface area contributed by atoms with E-state index in [-0.39, 0.29) is 34.4 Å². The minimum absolute atomic E-state index is 0.0276. The first-order valence-corrected chi connectivity index (χ1v) is 11.6. The number of hydrogen-bond acceptors (Lipinski definition) is 9. The Kier molecular flexibility index (Phi) is 8.14. The molecule has 0 saturated carbocycles. The molecule has 0 radical (unpaired) electrons. The summed E-state index contributed by atoms with van der Waals surface area (Å²) in [4.78, 5) is 61.7. The third kappa shape index (κ3) is 5.57. The van der Waals surface area contributed by atoms with Gasteiger partial charge in [0.05, 0.1) is 36.0 Å². The first-order chi connectivity index (χ1) is 17.0. The molecule has 0 atom stereocenters. The third-order valence-electron chi connectivity index (χ3n) is 4.95. The van der Waals surface area contributed by atoms with E-state index in [0.717, 1.165) is 27.9 Å². The Bertz CT molecular complexity index is 1430. The monoisotopic (exact) mass is 517 g/mol. The van der Waals surface area contributed by atoms with E-state index >= 15 is 0 Å². The van der Waals surface area contributed by atoms with Gasteiger partial charge in [0, 0.05) is 18.6 Å². The van der Waals surface area contributed by atoms with Crippen LogP contribution in [0.3, 0.4) is 0 Å². The lowest BCUT2D eigenvalue weighted by Gasteiger charge is -2.20. The largest absolute Gasteiger partial charge is 0.496 e. The van der Waals surface area contributed by atoms with Crippen LogP contribution < -0.4 is 21.0 Å². The fraction of sp³-hybridized carbons (Fsp3) is 0.304. The summed E-state index contributed by atoms with van der Waals surface area (Å²) in [6.45, 7) is 4.38. The van der Waals surface area contributed by atoms with Gasteiger partial charge in [-0.15, -0.1) is 11.3 Å².